The van der Waals surface area contributed by atoms with E-state index in [1.165, 1.54) is 12.8 Å². The molecule has 1 fully saturated rings. The van der Waals surface area contributed by atoms with Crippen molar-refractivity contribution in [3.8, 4) is 0 Å². The average molecular weight is 258 g/mol. The molecule has 0 aliphatic carbocycles. The fourth-order valence-electron chi connectivity index (χ4n) is 2.28. The van der Waals surface area contributed by atoms with E-state index in [9.17, 15) is 0 Å². The summed E-state index contributed by atoms with van der Waals surface area (Å²) in [6, 6.07) is 0. The second-order valence-electron chi connectivity index (χ2n) is 5.33. The molecule has 4 heteroatoms. The lowest BCUT2D eigenvalue weighted by Gasteiger charge is -2.25. The molecule has 1 atom stereocenters. The quantitative estimate of drug-likeness (QED) is 0.677. The first kappa shape index (κ1) is 14.9. The van der Waals surface area contributed by atoms with Gasteiger partial charge in [-0.05, 0) is 25.2 Å². The van der Waals surface area contributed by atoms with Crippen LogP contribution in [0.1, 0.15) is 39.5 Å². The van der Waals surface area contributed by atoms with E-state index < -0.39 is 0 Å². The molecular weight excluding hydrogens is 232 g/mol. The molecule has 3 nitrogen and oxygen atoms in total. The smallest absolute Gasteiger partial charge is 0.0740 e. The van der Waals surface area contributed by atoms with E-state index in [-0.39, 0.29) is 0 Å². The topological polar surface area (TPSA) is 38.5 Å². The molecule has 0 aromatic rings. The summed E-state index contributed by atoms with van der Waals surface area (Å²) >= 11 is 4.95. The van der Waals surface area contributed by atoms with Crippen LogP contribution in [-0.4, -0.2) is 42.2 Å². The molecule has 1 heterocycles. The zero-order valence-electron chi connectivity index (χ0n) is 11.2. The van der Waals surface area contributed by atoms with Gasteiger partial charge in [0.15, 0.2) is 0 Å². The third-order valence-corrected chi connectivity index (χ3v) is 3.29. The van der Waals surface area contributed by atoms with E-state index in [0.29, 0.717) is 17.0 Å². The zero-order valence-corrected chi connectivity index (χ0v) is 12.0. The average Bonchev–Trinajstić information content (AvgIpc) is 2.74. The lowest BCUT2D eigenvalue weighted by molar-refractivity contribution is 0.0906. The molecule has 1 aliphatic heterocycles. The number of nitrogens with two attached hydrogens (primary N) is 1. The van der Waals surface area contributed by atoms with Crippen molar-refractivity contribution in [1.82, 2.24) is 4.90 Å². The van der Waals surface area contributed by atoms with Crippen LogP contribution in [0.4, 0.5) is 0 Å². The summed E-state index contributed by atoms with van der Waals surface area (Å²) in [5.41, 5.74) is 5.57. The maximum atomic E-state index is 5.66. The van der Waals surface area contributed by atoms with Gasteiger partial charge in [-0.15, -0.1) is 0 Å². The summed E-state index contributed by atoms with van der Waals surface area (Å²) in [6.45, 7) is 8.66. The van der Waals surface area contributed by atoms with Crippen LogP contribution in [0.2, 0.25) is 0 Å². The van der Waals surface area contributed by atoms with Crippen LogP contribution in [0.25, 0.3) is 0 Å². The fourth-order valence-corrected chi connectivity index (χ4v) is 2.37. The van der Waals surface area contributed by atoms with Crippen molar-refractivity contribution in [1.29, 1.82) is 0 Å². The van der Waals surface area contributed by atoms with Gasteiger partial charge in [0.05, 0.1) is 11.1 Å². The number of rotatable bonds is 8. The van der Waals surface area contributed by atoms with Gasteiger partial charge in [0.1, 0.15) is 0 Å². The molecule has 17 heavy (non-hydrogen) atoms. The van der Waals surface area contributed by atoms with Crippen LogP contribution < -0.4 is 5.73 Å². The first-order valence-electron chi connectivity index (χ1n) is 6.70. The van der Waals surface area contributed by atoms with Crippen molar-refractivity contribution < 1.29 is 4.74 Å². The highest BCUT2D eigenvalue weighted by atomic mass is 32.1. The van der Waals surface area contributed by atoms with E-state index >= 15 is 0 Å². The minimum atomic E-state index is 0.481. The van der Waals surface area contributed by atoms with Crippen molar-refractivity contribution in [2.24, 2.45) is 11.7 Å². The Morgan fingerprint density at radius 1 is 1.47 bits per heavy atom. The molecule has 100 valence electrons. The highest BCUT2D eigenvalue weighted by molar-refractivity contribution is 7.80. The van der Waals surface area contributed by atoms with Crippen LogP contribution in [0.15, 0.2) is 0 Å². The second kappa shape index (κ2) is 8.01. The Hall–Kier alpha value is -0.190. The second-order valence-corrected chi connectivity index (χ2v) is 5.86. The molecule has 1 aliphatic rings. The van der Waals surface area contributed by atoms with Crippen molar-refractivity contribution in [3.05, 3.63) is 0 Å². The predicted octanol–water partition coefficient (Wildman–Crippen LogP) is 2.19. The predicted molar refractivity (Wildman–Crippen MR) is 76.3 cm³/mol. The summed E-state index contributed by atoms with van der Waals surface area (Å²) in [7, 11) is 0. The first-order valence-corrected chi connectivity index (χ1v) is 7.11. The molecule has 2 N–H and O–H groups in total. The first-order chi connectivity index (χ1) is 8.08. The minimum absolute atomic E-state index is 0.481. The lowest BCUT2D eigenvalue weighted by Crippen LogP contribution is -2.33. The Morgan fingerprint density at radius 2 is 2.24 bits per heavy atom. The molecule has 1 unspecified atom stereocenters. The number of hydrogen-bond donors (Lipinski definition) is 1. The molecule has 0 aromatic carbocycles. The van der Waals surface area contributed by atoms with Crippen molar-refractivity contribution in [2.45, 2.75) is 45.6 Å². The molecule has 0 aromatic heterocycles. The summed E-state index contributed by atoms with van der Waals surface area (Å²) in [5.74, 6) is 0.686. The van der Waals surface area contributed by atoms with Crippen LogP contribution in [0, 0.1) is 5.92 Å². The highest BCUT2D eigenvalue weighted by Crippen LogP contribution is 2.16. The third kappa shape index (κ3) is 6.96. The van der Waals surface area contributed by atoms with Crippen LogP contribution in [0.3, 0.4) is 0 Å². The summed E-state index contributed by atoms with van der Waals surface area (Å²) in [5, 5.41) is 0. The maximum absolute atomic E-state index is 5.66. The van der Waals surface area contributed by atoms with E-state index in [1.54, 1.807) is 0 Å². The van der Waals surface area contributed by atoms with Gasteiger partial charge in [0.2, 0.25) is 0 Å². The molecule has 0 amide bonds. The summed E-state index contributed by atoms with van der Waals surface area (Å²) < 4.78 is 5.66. The van der Waals surface area contributed by atoms with Crippen LogP contribution in [-0.2, 0) is 4.74 Å². The molecule has 1 rings (SSSR count). The van der Waals surface area contributed by atoms with Gasteiger partial charge in [-0.1, -0.05) is 26.1 Å². The van der Waals surface area contributed by atoms with Gasteiger partial charge in [-0.2, -0.15) is 0 Å². The van der Waals surface area contributed by atoms with Crippen LogP contribution in [0.5, 0.6) is 0 Å². The highest BCUT2D eigenvalue weighted by Gasteiger charge is 2.17. The van der Waals surface area contributed by atoms with Gasteiger partial charge < -0.3 is 15.4 Å². The third-order valence-electron chi connectivity index (χ3n) is 3.09. The normalized spacial score (nSPS) is 20.4. The minimum Gasteiger partial charge on any atom is -0.393 e. The number of ether oxygens (including phenoxy) is 1. The van der Waals surface area contributed by atoms with Crippen molar-refractivity contribution in [2.75, 3.05) is 26.2 Å². The van der Waals surface area contributed by atoms with E-state index in [0.717, 1.165) is 39.1 Å². The van der Waals surface area contributed by atoms with Gasteiger partial charge >= 0.3 is 0 Å². The number of hydrogen-bond acceptors (Lipinski definition) is 3. The largest absolute Gasteiger partial charge is 0.393 e. The summed E-state index contributed by atoms with van der Waals surface area (Å²) in [4.78, 5) is 3.08. The van der Waals surface area contributed by atoms with Gasteiger partial charge in [0.25, 0.3) is 0 Å². The Kier molecular flexibility index (Phi) is 7.00. The van der Waals surface area contributed by atoms with E-state index in [4.69, 9.17) is 22.7 Å². The molecular formula is C13H26N2OS. The standard InChI is InChI=1S/C13H26N2OS/c1-11(2)10-15(8-6-13(14)17)7-5-12-4-3-9-16-12/h11-12H,3-10H2,1-2H3,(H2,14,17). The summed E-state index contributed by atoms with van der Waals surface area (Å²) in [6.07, 6.45) is 4.90. The molecule has 1 saturated heterocycles. The van der Waals surface area contributed by atoms with Crippen molar-refractivity contribution in [3.63, 3.8) is 0 Å². The zero-order chi connectivity index (χ0) is 12.7. The van der Waals surface area contributed by atoms with Gasteiger partial charge in [-0.3, -0.25) is 0 Å². The van der Waals surface area contributed by atoms with E-state index in [1.807, 2.05) is 0 Å². The van der Waals surface area contributed by atoms with Gasteiger partial charge in [-0.25, -0.2) is 0 Å². The molecule has 0 radical (unpaired) electrons. The fraction of sp³-hybridized carbons (Fsp3) is 0.923. The number of nitrogens with zero attached hydrogens (tertiary/aromatic N) is 1. The Morgan fingerprint density at radius 3 is 2.76 bits per heavy atom. The Labute approximate surface area is 111 Å². The van der Waals surface area contributed by atoms with Crippen LogP contribution >= 0.6 is 12.2 Å². The SMILES string of the molecule is CC(C)CN(CCC(N)=S)CCC1CCCO1. The molecule has 0 bridgehead atoms. The lowest BCUT2D eigenvalue weighted by atomic mass is 10.1. The molecule has 0 spiro atoms. The van der Waals surface area contributed by atoms with E-state index in [2.05, 4.69) is 18.7 Å². The monoisotopic (exact) mass is 258 g/mol. The Balaban J connectivity index is 2.25. The van der Waals surface area contributed by atoms with Crippen molar-refractivity contribution >= 4 is 17.2 Å². The maximum Gasteiger partial charge on any atom is 0.0740 e. The van der Waals surface area contributed by atoms with Gasteiger partial charge in [0, 0.05) is 32.7 Å². The number of thiocarbonyl (C=S) groups is 1. The Bertz CT molecular complexity index is 227. The molecule has 0 saturated carbocycles.